The molecule has 2 amide bonds. The van der Waals surface area contributed by atoms with E-state index in [-0.39, 0.29) is 44.7 Å². The highest BCUT2D eigenvalue weighted by atomic mass is 79.9. The van der Waals surface area contributed by atoms with Gasteiger partial charge in [-0.2, -0.15) is 0 Å². The molecule has 2 aromatic carbocycles. The van der Waals surface area contributed by atoms with Crippen LogP contribution in [0.3, 0.4) is 0 Å². The summed E-state index contributed by atoms with van der Waals surface area (Å²) in [6, 6.07) is 7.34. The van der Waals surface area contributed by atoms with Gasteiger partial charge in [0.1, 0.15) is 27.9 Å². The number of hydrogen-bond donors (Lipinski definition) is 0. The first-order valence-electron chi connectivity index (χ1n) is 13.0. The number of amides is 2. The van der Waals surface area contributed by atoms with E-state index in [1.165, 1.54) is 0 Å². The average Bonchev–Trinajstić information content (AvgIpc) is 3.26. The Morgan fingerprint density at radius 1 is 1.07 bits per heavy atom. The van der Waals surface area contributed by atoms with Crippen molar-refractivity contribution in [1.82, 2.24) is 9.80 Å². The summed E-state index contributed by atoms with van der Waals surface area (Å²) in [5.41, 5.74) is 0.171. The van der Waals surface area contributed by atoms with Gasteiger partial charge in [0, 0.05) is 35.7 Å². The van der Waals surface area contributed by atoms with E-state index >= 15 is 0 Å². The summed E-state index contributed by atoms with van der Waals surface area (Å²) in [5.74, 6) is -1.11. The lowest BCUT2D eigenvalue weighted by molar-refractivity contribution is 0.0144. The number of rotatable bonds is 6. The molecule has 0 unspecified atom stereocenters. The van der Waals surface area contributed by atoms with E-state index in [0.717, 1.165) is 33.5 Å². The highest BCUT2D eigenvalue weighted by Crippen LogP contribution is 2.40. The first kappa shape index (κ1) is 30.5. The molecule has 6 nitrogen and oxygen atoms in total. The molecule has 40 heavy (non-hydrogen) atoms. The van der Waals surface area contributed by atoms with Crippen molar-refractivity contribution in [1.29, 1.82) is 0 Å². The van der Waals surface area contributed by atoms with E-state index < -0.39 is 23.1 Å². The second-order valence-corrected chi connectivity index (χ2v) is 13.2. The van der Waals surface area contributed by atoms with Crippen LogP contribution in [0, 0.1) is 11.6 Å². The van der Waals surface area contributed by atoms with Crippen molar-refractivity contribution in [3.63, 3.8) is 0 Å². The van der Waals surface area contributed by atoms with Crippen LogP contribution in [0.1, 0.15) is 61.7 Å². The number of thiophene rings is 1. The summed E-state index contributed by atoms with van der Waals surface area (Å²) < 4.78 is 41.1. The predicted molar refractivity (Wildman–Crippen MR) is 157 cm³/mol. The van der Waals surface area contributed by atoms with Gasteiger partial charge in [0.15, 0.2) is 0 Å². The molecular formula is C29H32BrClF2N2O4S. The van der Waals surface area contributed by atoms with Gasteiger partial charge in [-0.3, -0.25) is 4.79 Å². The zero-order chi connectivity index (χ0) is 29.4. The molecule has 0 bridgehead atoms. The Morgan fingerprint density at radius 2 is 1.70 bits per heavy atom. The number of methoxy groups -OCH3 is 1. The topological polar surface area (TPSA) is 59.1 Å². The van der Waals surface area contributed by atoms with E-state index in [2.05, 4.69) is 15.9 Å². The second kappa shape index (κ2) is 12.2. The minimum Gasteiger partial charge on any atom is -0.496 e. The molecule has 0 aliphatic heterocycles. The highest BCUT2D eigenvalue weighted by Gasteiger charge is 2.35. The van der Waals surface area contributed by atoms with Crippen molar-refractivity contribution in [3.05, 3.63) is 61.9 Å². The van der Waals surface area contributed by atoms with E-state index in [1.807, 2.05) is 39.0 Å². The van der Waals surface area contributed by atoms with Crippen LogP contribution in [0.4, 0.5) is 13.6 Å². The molecule has 0 saturated heterocycles. The van der Waals surface area contributed by atoms with Gasteiger partial charge in [0.05, 0.1) is 22.2 Å². The Labute approximate surface area is 250 Å². The Morgan fingerprint density at radius 3 is 2.30 bits per heavy atom. The molecule has 1 aromatic heterocycles. The zero-order valence-electron chi connectivity index (χ0n) is 23.0. The van der Waals surface area contributed by atoms with Crippen molar-refractivity contribution in [2.24, 2.45) is 0 Å². The minimum absolute atomic E-state index is 0.0102. The van der Waals surface area contributed by atoms with Crippen LogP contribution in [-0.4, -0.2) is 53.6 Å². The van der Waals surface area contributed by atoms with Gasteiger partial charge in [-0.1, -0.05) is 27.5 Å². The fourth-order valence-electron chi connectivity index (χ4n) is 5.03. The molecule has 216 valence electrons. The normalized spacial score (nSPS) is 17.5. The lowest BCUT2D eigenvalue weighted by atomic mass is 9.89. The molecule has 4 rings (SSSR count). The van der Waals surface area contributed by atoms with E-state index in [1.54, 1.807) is 24.0 Å². The number of carbonyl (C=O) groups is 2. The predicted octanol–water partition coefficient (Wildman–Crippen LogP) is 8.42. The van der Waals surface area contributed by atoms with Gasteiger partial charge in [0.25, 0.3) is 5.91 Å². The fourth-order valence-corrected chi connectivity index (χ4v) is 6.94. The van der Waals surface area contributed by atoms with Gasteiger partial charge in [-0.05, 0) is 76.8 Å². The summed E-state index contributed by atoms with van der Waals surface area (Å²) in [6.45, 7) is 5.68. The van der Waals surface area contributed by atoms with E-state index in [9.17, 15) is 18.4 Å². The minimum atomic E-state index is -0.678. The van der Waals surface area contributed by atoms with Gasteiger partial charge in [-0.25, -0.2) is 13.6 Å². The smallest absolute Gasteiger partial charge is 0.410 e. The van der Waals surface area contributed by atoms with Crippen LogP contribution in [-0.2, 0) is 11.3 Å². The Balaban J connectivity index is 1.65. The van der Waals surface area contributed by atoms with E-state index in [0.29, 0.717) is 31.4 Å². The summed E-state index contributed by atoms with van der Waals surface area (Å²) in [6.07, 6.45) is 2.16. The number of carbonyl (C=O) groups excluding carboxylic acids is 2. The third-order valence-corrected chi connectivity index (χ3v) is 9.23. The van der Waals surface area contributed by atoms with Crippen molar-refractivity contribution >= 4 is 61.0 Å². The first-order valence-corrected chi connectivity index (χ1v) is 14.9. The molecule has 0 spiro atoms. The third-order valence-electron chi connectivity index (χ3n) is 7.06. The number of benzene rings is 2. The van der Waals surface area contributed by atoms with Crippen LogP contribution in [0.2, 0.25) is 5.02 Å². The van der Waals surface area contributed by atoms with Crippen LogP contribution < -0.4 is 4.74 Å². The standard InChI is InChI=1S/C29H32BrClF2N2O4S/c1-29(2,3)39-28(37)34(4)18-7-9-19(10-8-18)35(15-16-14-17(30)6-13-22(16)38-5)27(36)26-24(31)23-20(32)11-12-21(33)25(23)40-26/h6,11-14,18-19H,7-10,15H2,1-5H3/t18-,19-. The molecule has 0 radical (unpaired) electrons. The highest BCUT2D eigenvalue weighted by molar-refractivity contribution is 9.10. The van der Waals surface area contributed by atoms with Gasteiger partial charge >= 0.3 is 6.09 Å². The molecule has 1 saturated carbocycles. The number of nitrogens with zero attached hydrogens (tertiary/aromatic N) is 2. The van der Waals surface area contributed by atoms with Gasteiger partial charge < -0.3 is 19.3 Å². The molecule has 0 N–H and O–H groups in total. The molecule has 11 heteroatoms. The number of ether oxygens (including phenoxy) is 2. The number of halogens is 4. The molecular weight excluding hydrogens is 626 g/mol. The van der Waals surface area contributed by atoms with Crippen LogP contribution in [0.15, 0.2) is 34.8 Å². The monoisotopic (exact) mass is 656 g/mol. The summed E-state index contributed by atoms with van der Waals surface area (Å²) in [7, 11) is 3.29. The number of hydrogen-bond acceptors (Lipinski definition) is 5. The van der Waals surface area contributed by atoms with Crippen LogP contribution >= 0.6 is 38.9 Å². The number of fused-ring (bicyclic) bond motifs is 1. The maximum atomic E-state index is 14.6. The average molecular weight is 658 g/mol. The lowest BCUT2D eigenvalue weighted by Gasteiger charge is -2.40. The third kappa shape index (κ3) is 6.55. The van der Waals surface area contributed by atoms with Crippen molar-refractivity contribution in [2.75, 3.05) is 14.2 Å². The Bertz CT molecular complexity index is 1420. The van der Waals surface area contributed by atoms with Crippen LogP contribution in [0.25, 0.3) is 10.1 Å². The molecule has 0 atom stereocenters. The maximum absolute atomic E-state index is 14.6. The second-order valence-electron chi connectivity index (χ2n) is 10.9. The van der Waals surface area contributed by atoms with Gasteiger partial charge in [0.2, 0.25) is 0 Å². The SMILES string of the molecule is COc1ccc(Br)cc1CN(C(=O)c1sc2c(F)ccc(F)c2c1Cl)[C@H]1CC[C@H](N(C)C(=O)OC(C)(C)C)CC1. The van der Waals surface area contributed by atoms with Crippen LogP contribution in [0.5, 0.6) is 5.75 Å². The molecule has 3 aromatic rings. The first-order chi connectivity index (χ1) is 18.8. The summed E-state index contributed by atoms with van der Waals surface area (Å²) in [5, 5.41) is -0.177. The van der Waals surface area contributed by atoms with Crippen molar-refractivity contribution < 1.29 is 27.8 Å². The fraction of sp³-hybridized carbons (Fsp3) is 0.448. The molecule has 1 heterocycles. The van der Waals surface area contributed by atoms with Crippen molar-refractivity contribution in [3.8, 4) is 5.75 Å². The quantitative estimate of drug-likeness (QED) is 0.267. The largest absolute Gasteiger partial charge is 0.496 e. The zero-order valence-corrected chi connectivity index (χ0v) is 26.2. The van der Waals surface area contributed by atoms with E-state index in [4.69, 9.17) is 21.1 Å². The summed E-state index contributed by atoms with van der Waals surface area (Å²) in [4.78, 5) is 30.1. The maximum Gasteiger partial charge on any atom is 0.410 e. The Hall–Kier alpha value is -2.43. The summed E-state index contributed by atoms with van der Waals surface area (Å²) >= 11 is 10.9. The van der Waals surface area contributed by atoms with Gasteiger partial charge in [-0.15, -0.1) is 11.3 Å². The lowest BCUT2D eigenvalue weighted by Crippen LogP contribution is -2.47. The molecule has 1 fully saturated rings. The molecule has 1 aliphatic carbocycles. The molecule has 1 aliphatic rings. The van der Waals surface area contributed by atoms with Crippen molar-refractivity contribution in [2.45, 2.75) is 70.7 Å². The Kier molecular flexibility index (Phi) is 9.31.